The van der Waals surface area contributed by atoms with E-state index in [1.165, 1.54) is 12.1 Å². The molecule has 0 atom stereocenters. The van der Waals surface area contributed by atoms with E-state index in [0.29, 0.717) is 17.9 Å². The van der Waals surface area contributed by atoms with E-state index in [4.69, 9.17) is 5.73 Å². The van der Waals surface area contributed by atoms with E-state index in [9.17, 15) is 10.1 Å². The van der Waals surface area contributed by atoms with Gasteiger partial charge in [0, 0.05) is 42.9 Å². The Morgan fingerprint density at radius 1 is 1.50 bits per heavy atom. The molecule has 2 aromatic rings. The highest BCUT2D eigenvalue weighted by Gasteiger charge is 2.08. The summed E-state index contributed by atoms with van der Waals surface area (Å²) in [6, 6.07) is 4.42. The molecule has 0 unspecified atom stereocenters. The highest BCUT2D eigenvalue weighted by molar-refractivity contribution is 5.61. The quantitative estimate of drug-likeness (QED) is 0.485. The molecule has 2 rings (SSSR count). The number of imidazole rings is 1. The lowest BCUT2D eigenvalue weighted by Crippen LogP contribution is -2.06. The average molecular weight is 247 g/mol. The summed E-state index contributed by atoms with van der Waals surface area (Å²) in [5.41, 5.74) is 6.54. The van der Waals surface area contributed by atoms with Gasteiger partial charge in [0.2, 0.25) is 0 Å². The van der Waals surface area contributed by atoms with Gasteiger partial charge in [0.05, 0.1) is 11.5 Å². The van der Waals surface area contributed by atoms with Crippen LogP contribution >= 0.6 is 0 Å². The summed E-state index contributed by atoms with van der Waals surface area (Å²) in [5.74, 6) is 0.833. The van der Waals surface area contributed by atoms with Crippen molar-refractivity contribution in [1.82, 2.24) is 9.55 Å². The van der Waals surface area contributed by atoms with Gasteiger partial charge >= 0.3 is 0 Å². The van der Waals surface area contributed by atoms with Crippen molar-refractivity contribution in [2.24, 2.45) is 7.05 Å². The number of nitrogens with one attached hydrogen (secondary N) is 1. The molecule has 3 N–H and O–H groups in total. The van der Waals surface area contributed by atoms with Crippen molar-refractivity contribution in [3.63, 3.8) is 0 Å². The van der Waals surface area contributed by atoms with Crippen LogP contribution < -0.4 is 11.1 Å². The number of non-ortho nitro benzene ring substituents is 1. The van der Waals surface area contributed by atoms with Crippen LogP contribution in [0.1, 0.15) is 5.82 Å². The topological polar surface area (TPSA) is 99.0 Å². The summed E-state index contributed by atoms with van der Waals surface area (Å²) in [4.78, 5) is 14.4. The van der Waals surface area contributed by atoms with Gasteiger partial charge in [-0.05, 0) is 6.07 Å². The van der Waals surface area contributed by atoms with Gasteiger partial charge in [-0.15, -0.1) is 0 Å². The highest BCUT2D eigenvalue weighted by Crippen LogP contribution is 2.22. The van der Waals surface area contributed by atoms with Crippen LogP contribution in [0.2, 0.25) is 0 Å². The Bertz CT molecular complexity index is 579. The first kappa shape index (κ1) is 11.9. The molecule has 7 nitrogen and oxygen atoms in total. The Kier molecular flexibility index (Phi) is 3.13. The maximum absolute atomic E-state index is 10.7. The average Bonchev–Trinajstić information content (AvgIpc) is 2.71. The third-order valence-corrected chi connectivity index (χ3v) is 2.52. The molecule has 7 heteroatoms. The number of nitrogens with two attached hydrogens (primary N) is 1. The largest absolute Gasteiger partial charge is 0.398 e. The molecule has 18 heavy (non-hydrogen) atoms. The lowest BCUT2D eigenvalue weighted by molar-refractivity contribution is -0.384. The monoisotopic (exact) mass is 247 g/mol. The minimum Gasteiger partial charge on any atom is -0.398 e. The summed E-state index contributed by atoms with van der Waals surface area (Å²) in [7, 11) is 1.88. The van der Waals surface area contributed by atoms with Crippen LogP contribution in [0.25, 0.3) is 0 Å². The van der Waals surface area contributed by atoms with Crippen LogP contribution in [0.5, 0.6) is 0 Å². The second-order valence-corrected chi connectivity index (χ2v) is 3.88. The molecule has 94 valence electrons. The number of anilines is 2. The van der Waals surface area contributed by atoms with E-state index in [2.05, 4.69) is 10.3 Å². The molecule has 0 saturated heterocycles. The number of hydrogen-bond donors (Lipinski definition) is 2. The minimum absolute atomic E-state index is 0.0302. The van der Waals surface area contributed by atoms with Gasteiger partial charge < -0.3 is 15.6 Å². The minimum atomic E-state index is -0.470. The van der Waals surface area contributed by atoms with Gasteiger partial charge in [0.1, 0.15) is 5.82 Å². The van der Waals surface area contributed by atoms with Gasteiger partial charge in [-0.2, -0.15) is 0 Å². The van der Waals surface area contributed by atoms with Crippen LogP contribution in [0.15, 0.2) is 30.6 Å². The smallest absolute Gasteiger partial charge is 0.273 e. The van der Waals surface area contributed by atoms with Gasteiger partial charge in [0.15, 0.2) is 0 Å². The van der Waals surface area contributed by atoms with Crippen LogP contribution in [0.4, 0.5) is 17.1 Å². The number of nitro benzene ring substituents is 1. The molecule has 0 aliphatic rings. The fourth-order valence-electron chi connectivity index (χ4n) is 1.59. The fraction of sp³-hybridized carbons (Fsp3) is 0.182. The molecule has 0 fully saturated rings. The first-order chi connectivity index (χ1) is 8.56. The Balaban J connectivity index is 2.14. The first-order valence-corrected chi connectivity index (χ1v) is 5.31. The molecule has 0 radical (unpaired) electrons. The van der Waals surface area contributed by atoms with Crippen molar-refractivity contribution in [2.75, 3.05) is 11.1 Å². The molecule has 0 saturated carbocycles. The highest BCUT2D eigenvalue weighted by atomic mass is 16.6. The summed E-state index contributed by atoms with van der Waals surface area (Å²) in [6.45, 7) is 0.476. The SMILES string of the molecule is Cn1ccnc1CNc1cc(N)cc([N+](=O)[O-])c1. The Morgan fingerprint density at radius 2 is 2.28 bits per heavy atom. The predicted molar refractivity (Wildman–Crippen MR) is 68.0 cm³/mol. The molecular formula is C11H13N5O2. The van der Waals surface area contributed by atoms with Crippen molar-refractivity contribution in [2.45, 2.75) is 6.54 Å². The van der Waals surface area contributed by atoms with Gasteiger partial charge in [-0.3, -0.25) is 10.1 Å². The Morgan fingerprint density at radius 3 is 2.89 bits per heavy atom. The van der Waals surface area contributed by atoms with Crippen LogP contribution in [-0.2, 0) is 13.6 Å². The van der Waals surface area contributed by atoms with Crippen molar-refractivity contribution in [3.8, 4) is 0 Å². The maximum atomic E-state index is 10.7. The van der Waals surface area contributed by atoms with Gasteiger partial charge in [0.25, 0.3) is 5.69 Å². The van der Waals surface area contributed by atoms with Crippen LogP contribution in [0, 0.1) is 10.1 Å². The number of rotatable bonds is 4. The van der Waals surface area contributed by atoms with Crippen LogP contribution in [-0.4, -0.2) is 14.5 Å². The standard InChI is InChI=1S/C11H13N5O2/c1-15-3-2-13-11(15)7-14-9-4-8(12)5-10(6-9)16(17)18/h2-6,14H,7,12H2,1H3. The van der Waals surface area contributed by atoms with E-state index in [-0.39, 0.29) is 5.69 Å². The molecule has 1 aromatic heterocycles. The lowest BCUT2D eigenvalue weighted by Gasteiger charge is -2.07. The molecule has 0 bridgehead atoms. The third-order valence-electron chi connectivity index (χ3n) is 2.52. The molecule has 0 aliphatic carbocycles. The molecular weight excluding hydrogens is 234 g/mol. The summed E-state index contributed by atoms with van der Waals surface area (Å²) >= 11 is 0. The molecule has 1 heterocycles. The number of aryl methyl sites for hydroxylation is 1. The molecule has 0 spiro atoms. The molecule has 1 aromatic carbocycles. The first-order valence-electron chi connectivity index (χ1n) is 5.31. The normalized spacial score (nSPS) is 10.3. The second-order valence-electron chi connectivity index (χ2n) is 3.88. The van der Waals surface area contributed by atoms with Crippen LogP contribution in [0.3, 0.4) is 0 Å². The predicted octanol–water partition coefficient (Wildman–Crippen LogP) is 1.52. The zero-order chi connectivity index (χ0) is 13.1. The summed E-state index contributed by atoms with van der Waals surface area (Å²) in [6.07, 6.45) is 3.53. The number of benzene rings is 1. The maximum Gasteiger partial charge on any atom is 0.273 e. The number of nitro groups is 1. The van der Waals surface area contributed by atoms with E-state index in [1.54, 1.807) is 12.3 Å². The van der Waals surface area contributed by atoms with Gasteiger partial charge in [-0.1, -0.05) is 0 Å². The molecule has 0 amide bonds. The Hall–Kier alpha value is -2.57. The van der Waals surface area contributed by atoms with E-state index in [0.717, 1.165) is 5.82 Å². The zero-order valence-electron chi connectivity index (χ0n) is 9.83. The van der Waals surface area contributed by atoms with E-state index in [1.807, 2.05) is 17.8 Å². The summed E-state index contributed by atoms with van der Waals surface area (Å²) in [5, 5.41) is 13.8. The number of nitrogen functional groups attached to an aromatic ring is 1. The van der Waals surface area contributed by atoms with Crippen molar-refractivity contribution < 1.29 is 4.92 Å². The number of hydrogen-bond acceptors (Lipinski definition) is 5. The molecule has 0 aliphatic heterocycles. The second kappa shape index (κ2) is 4.74. The van der Waals surface area contributed by atoms with Gasteiger partial charge in [-0.25, -0.2) is 4.98 Å². The zero-order valence-corrected chi connectivity index (χ0v) is 9.83. The van der Waals surface area contributed by atoms with E-state index >= 15 is 0 Å². The Labute approximate surface area is 103 Å². The fourth-order valence-corrected chi connectivity index (χ4v) is 1.59. The number of nitrogens with zero attached hydrogens (tertiary/aromatic N) is 3. The van der Waals surface area contributed by atoms with Crippen molar-refractivity contribution in [1.29, 1.82) is 0 Å². The number of aromatic nitrogens is 2. The van der Waals surface area contributed by atoms with E-state index < -0.39 is 4.92 Å². The third kappa shape index (κ3) is 2.57. The summed E-state index contributed by atoms with van der Waals surface area (Å²) < 4.78 is 1.87. The van der Waals surface area contributed by atoms with Crippen molar-refractivity contribution in [3.05, 3.63) is 46.5 Å². The lowest BCUT2D eigenvalue weighted by atomic mass is 10.2. The van der Waals surface area contributed by atoms with Crippen molar-refractivity contribution >= 4 is 17.1 Å².